The molecule has 0 saturated heterocycles. The van der Waals surface area contributed by atoms with Gasteiger partial charge in [-0.05, 0) is 22.4 Å². The van der Waals surface area contributed by atoms with Crippen LogP contribution in [0.25, 0.3) is 16.8 Å². The van der Waals surface area contributed by atoms with Gasteiger partial charge in [-0.1, -0.05) is 78.9 Å². The average molecular weight is 419 g/mol. The van der Waals surface area contributed by atoms with Gasteiger partial charge in [0.05, 0.1) is 0 Å². The first kappa shape index (κ1) is 22.4. The Kier molecular flexibility index (Phi) is 7.74. The zero-order chi connectivity index (χ0) is 21.4. The van der Waals surface area contributed by atoms with E-state index in [1.54, 1.807) is 6.08 Å². The molecule has 0 aliphatic carbocycles. The van der Waals surface area contributed by atoms with Gasteiger partial charge in [0.25, 0.3) is 0 Å². The van der Waals surface area contributed by atoms with Crippen LogP contribution in [0.3, 0.4) is 0 Å². The number of alkyl halides is 4. The first-order chi connectivity index (χ1) is 13.7. The normalized spacial score (nSPS) is 12.3. The summed E-state index contributed by atoms with van der Waals surface area (Å²) < 4.78 is 32.5. The molecule has 150 valence electrons. The van der Waals surface area contributed by atoms with E-state index in [-0.39, 0.29) is 5.78 Å². The van der Waals surface area contributed by atoms with Gasteiger partial charge in [0, 0.05) is 12.5 Å². The highest BCUT2D eigenvalue weighted by Gasteiger charge is 2.33. The molecule has 0 N–H and O–H groups in total. The fourth-order valence-corrected chi connectivity index (χ4v) is 2.55. The van der Waals surface area contributed by atoms with Crippen LogP contribution in [0, 0.1) is 0 Å². The van der Waals surface area contributed by atoms with E-state index in [0.717, 1.165) is 16.3 Å². The summed E-state index contributed by atoms with van der Waals surface area (Å²) in [6, 6.07) is 23.4. The number of fused-ring (bicyclic) bond motifs is 1. The molecule has 0 spiro atoms. The summed E-state index contributed by atoms with van der Waals surface area (Å²) in [5.41, 5.74) is 1.66. The molecule has 0 aromatic heterocycles. The van der Waals surface area contributed by atoms with E-state index in [1.807, 2.05) is 78.9 Å². The van der Waals surface area contributed by atoms with Crippen LogP contribution in [-0.2, 0) is 4.79 Å². The molecule has 1 unspecified atom stereocenters. The first-order valence-electron chi connectivity index (χ1n) is 8.66. The third-order valence-electron chi connectivity index (χ3n) is 3.94. The standard InChI is InChI=1S/C20H15ClO.C3H3F3O/c21-19(13-10-15-6-2-1-3-7-15)20(22)18-12-11-16-8-4-5-9-17(16)14-18;1-2(7)3(4,5)6/h1-14,19H;1H3. The summed E-state index contributed by atoms with van der Waals surface area (Å²) in [5.74, 6) is -1.84. The van der Waals surface area contributed by atoms with Gasteiger partial charge in [0.2, 0.25) is 5.78 Å². The molecule has 1 atom stereocenters. The molecular formula is C23H18ClF3O2. The molecule has 0 aliphatic rings. The lowest BCUT2D eigenvalue weighted by Crippen LogP contribution is -2.18. The highest BCUT2D eigenvalue weighted by Crippen LogP contribution is 2.19. The van der Waals surface area contributed by atoms with E-state index in [0.29, 0.717) is 12.5 Å². The Hall–Kier alpha value is -2.92. The maximum Gasteiger partial charge on any atom is 0.449 e. The predicted molar refractivity (Wildman–Crippen MR) is 110 cm³/mol. The van der Waals surface area contributed by atoms with E-state index in [1.165, 1.54) is 0 Å². The van der Waals surface area contributed by atoms with Crippen molar-refractivity contribution in [2.45, 2.75) is 18.5 Å². The average Bonchev–Trinajstić information content (AvgIpc) is 2.71. The number of ketones is 2. The Balaban J connectivity index is 0.000000370. The minimum absolute atomic E-state index is 0.0837. The lowest BCUT2D eigenvalue weighted by atomic mass is 10.0. The van der Waals surface area contributed by atoms with Crippen LogP contribution in [-0.4, -0.2) is 23.1 Å². The molecule has 0 heterocycles. The van der Waals surface area contributed by atoms with E-state index >= 15 is 0 Å². The first-order valence-corrected chi connectivity index (χ1v) is 9.10. The number of allylic oxidation sites excluding steroid dienone is 1. The van der Waals surface area contributed by atoms with Crippen molar-refractivity contribution < 1.29 is 22.8 Å². The Morgan fingerprint density at radius 2 is 1.45 bits per heavy atom. The molecule has 0 radical (unpaired) electrons. The van der Waals surface area contributed by atoms with Crippen LogP contribution in [0.1, 0.15) is 22.8 Å². The van der Waals surface area contributed by atoms with Crippen LogP contribution in [0.5, 0.6) is 0 Å². The number of carbonyl (C=O) groups excluding carboxylic acids is 2. The van der Waals surface area contributed by atoms with Crippen molar-refractivity contribution in [2.24, 2.45) is 0 Å². The van der Waals surface area contributed by atoms with Gasteiger partial charge in [-0.15, -0.1) is 11.6 Å². The topological polar surface area (TPSA) is 34.1 Å². The van der Waals surface area contributed by atoms with Gasteiger partial charge in [0.1, 0.15) is 5.38 Å². The van der Waals surface area contributed by atoms with Crippen molar-refractivity contribution in [2.75, 3.05) is 0 Å². The summed E-state index contributed by atoms with van der Waals surface area (Å²) >= 11 is 6.23. The van der Waals surface area contributed by atoms with Crippen molar-refractivity contribution in [3.63, 3.8) is 0 Å². The number of carbonyl (C=O) groups is 2. The van der Waals surface area contributed by atoms with Crippen LogP contribution in [0.2, 0.25) is 0 Å². The van der Waals surface area contributed by atoms with Crippen molar-refractivity contribution in [3.8, 4) is 0 Å². The molecular weight excluding hydrogens is 401 g/mol. The van der Waals surface area contributed by atoms with E-state index in [9.17, 15) is 22.8 Å². The van der Waals surface area contributed by atoms with Gasteiger partial charge in [0.15, 0.2) is 5.78 Å². The lowest BCUT2D eigenvalue weighted by Gasteiger charge is -2.05. The van der Waals surface area contributed by atoms with Crippen LogP contribution >= 0.6 is 11.6 Å². The highest BCUT2D eigenvalue weighted by atomic mass is 35.5. The molecule has 3 rings (SSSR count). The second-order valence-electron chi connectivity index (χ2n) is 6.15. The molecule has 0 bridgehead atoms. The van der Waals surface area contributed by atoms with Crippen molar-refractivity contribution in [1.29, 1.82) is 0 Å². The molecule has 29 heavy (non-hydrogen) atoms. The Morgan fingerprint density at radius 3 is 2.03 bits per heavy atom. The number of hydrogen-bond donors (Lipinski definition) is 0. The molecule has 0 saturated carbocycles. The van der Waals surface area contributed by atoms with Crippen molar-refractivity contribution in [1.82, 2.24) is 0 Å². The zero-order valence-electron chi connectivity index (χ0n) is 15.5. The second-order valence-corrected chi connectivity index (χ2v) is 6.62. The van der Waals surface area contributed by atoms with E-state index in [2.05, 4.69) is 0 Å². The fraction of sp³-hybridized carbons (Fsp3) is 0.130. The second kappa shape index (κ2) is 10.0. The van der Waals surface area contributed by atoms with Gasteiger partial charge in [-0.3, -0.25) is 9.59 Å². The Morgan fingerprint density at radius 1 is 0.897 bits per heavy atom. The smallest absolute Gasteiger partial charge is 0.292 e. The Bertz CT molecular complexity index is 1010. The molecule has 0 fully saturated rings. The summed E-state index contributed by atoms with van der Waals surface area (Å²) in [5, 5.41) is 1.50. The lowest BCUT2D eigenvalue weighted by molar-refractivity contribution is -0.168. The van der Waals surface area contributed by atoms with Gasteiger partial charge in [-0.2, -0.15) is 13.2 Å². The number of benzene rings is 3. The van der Waals surface area contributed by atoms with Crippen molar-refractivity contribution >= 4 is 40.0 Å². The minimum Gasteiger partial charge on any atom is -0.292 e. The maximum absolute atomic E-state index is 12.4. The summed E-state index contributed by atoms with van der Waals surface area (Å²) in [7, 11) is 0. The highest BCUT2D eigenvalue weighted by molar-refractivity contribution is 6.35. The molecule has 0 aliphatic heterocycles. The molecule has 0 amide bonds. The number of rotatable bonds is 4. The molecule has 6 heteroatoms. The number of halogens is 4. The zero-order valence-corrected chi connectivity index (χ0v) is 16.2. The van der Waals surface area contributed by atoms with Gasteiger partial charge < -0.3 is 0 Å². The van der Waals surface area contributed by atoms with Crippen LogP contribution in [0.4, 0.5) is 13.2 Å². The van der Waals surface area contributed by atoms with Gasteiger partial charge >= 0.3 is 6.18 Å². The minimum atomic E-state index is -4.64. The third-order valence-corrected chi connectivity index (χ3v) is 4.28. The molecule has 3 aromatic rings. The van der Waals surface area contributed by atoms with E-state index in [4.69, 9.17) is 11.6 Å². The monoisotopic (exact) mass is 418 g/mol. The predicted octanol–water partition coefficient (Wildman–Crippen LogP) is 6.48. The fourth-order valence-electron chi connectivity index (χ4n) is 2.35. The molecule has 3 aromatic carbocycles. The summed E-state index contributed by atoms with van der Waals surface area (Å²) in [6.07, 6.45) is -1.04. The Labute approximate surface area is 171 Å². The largest absolute Gasteiger partial charge is 0.449 e. The van der Waals surface area contributed by atoms with Gasteiger partial charge in [-0.25, -0.2) is 0 Å². The molecule has 2 nitrogen and oxygen atoms in total. The number of Topliss-reactive ketones (excluding diaryl/α,β-unsaturated/α-hetero) is 2. The van der Waals surface area contributed by atoms with Crippen LogP contribution in [0.15, 0.2) is 78.9 Å². The SMILES string of the molecule is CC(=O)C(F)(F)F.O=C(c1ccc2ccccc2c1)C(Cl)C=Cc1ccccc1. The van der Waals surface area contributed by atoms with E-state index < -0.39 is 17.3 Å². The summed E-state index contributed by atoms with van der Waals surface area (Å²) in [6.45, 7) is 0.486. The quantitative estimate of drug-likeness (QED) is 0.359. The van der Waals surface area contributed by atoms with Crippen LogP contribution < -0.4 is 0 Å². The van der Waals surface area contributed by atoms with Crippen molar-refractivity contribution in [3.05, 3.63) is 90.0 Å². The third kappa shape index (κ3) is 6.88. The summed E-state index contributed by atoms with van der Waals surface area (Å²) in [4.78, 5) is 21.8. The number of hydrogen-bond acceptors (Lipinski definition) is 2. The maximum atomic E-state index is 12.4.